The molecule has 0 aliphatic heterocycles. The van der Waals surface area contributed by atoms with Crippen LogP contribution in [0, 0.1) is 17.8 Å². The van der Waals surface area contributed by atoms with Gasteiger partial charge in [-0.05, 0) is 64.6 Å². The largest absolute Gasteiger partial charge is 0.274 e. The highest BCUT2D eigenvalue weighted by Gasteiger charge is 2.55. The van der Waals surface area contributed by atoms with Gasteiger partial charge in [0, 0.05) is 5.54 Å². The second-order valence-electron chi connectivity index (χ2n) is 12.6. The molecule has 4 rings (SSSR count). The van der Waals surface area contributed by atoms with Crippen LogP contribution in [0.15, 0.2) is 0 Å². The first-order valence-electron chi connectivity index (χ1n) is 10.6. The van der Waals surface area contributed by atoms with Crippen molar-refractivity contribution in [1.29, 1.82) is 0 Å². The standard InChI is InChI=1S/C20H42NPSi3/c1-23(2,3)19(24(4,5)6)22-21(25(7,8)9)20-13-16-10-17(14-20)12-18(11-16)15-20/h16-18H,10-15H2,1-9H3. The van der Waals surface area contributed by atoms with Gasteiger partial charge in [0.1, 0.15) is 8.24 Å². The predicted molar refractivity (Wildman–Crippen MR) is 125 cm³/mol. The van der Waals surface area contributed by atoms with E-state index in [1.807, 2.05) is 4.54 Å². The first-order chi connectivity index (χ1) is 11.2. The Kier molecular flexibility index (Phi) is 5.25. The average molecular weight is 412 g/mol. The molecule has 0 atom stereocenters. The zero-order chi connectivity index (χ0) is 18.8. The van der Waals surface area contributed by atoms with Crippen LogP contribution in [0.1, 0.15) is 38.5 Å². The summed E-state index contributed by atoms with van der Waals surface area (Å²) < 4.78 is 5.18. The van der Waals surface area contributed by atoms with E-state index in [4.69, 9.17) is 0 Å². The molecule has 0 aromatic heterocycles. The van der Waals surface area contributed by atoms with Gasteiger partial charge in [-0.1, -0.05) is 63.5 Å². The van der Waals surface area contributed by atoms with Crippen molar-refractivity contribution in [3.05, 3.63) is 0 Å². The quantitative estimate of drug-likeness (QED) is 0.352. The molecule has 4 aliphatic rings. The topological polar surface area (TPSA) is 3.24 Å². The Balaban J connectivity index is 2.06. The molecule has 25 heavy (non-hydrogen) atoms. The van der Waals surface area contributed by atoms with Crippen LogP contribution in [0.3, 0.4) is 0 Å². The normalized spacial score (nSPS) is 35.7. The van der Waals surface area contributed by atoms with E-state index in [0.29, 0.717) is 5.54 Å². The monoisotopic (exact) mass is 411 g/mol. The highest BCUT2D eigenvalue weighted by Crippen LogP contribution is 2.60. The third-order valence-electron chi connectivity index (χ3n) is 6.71. The van der Waals surface area contributed by atoms with E-state index in [0.717, 1.165) is 17.8 Å². The average Bonchev–Trinajstić information content (AvgIpc) is 2.31. The van der Waals surface area contributed by atoms with Crippen molar-refractivity contribution in [3.63, 3.8) is 0 Å². The van der Waals surface area contributed by atoms with Gasteiger partial charge in [-0.2, -0.15) is 0 Å². The maximum absolute atomic E-state index is 3.16. The van der Waals surface area contributed by atoms with Gasteiger partial charge >= 0.3 is 0 Å². The van der Waals surface area contributed by atoms with E-state index in [2.05, 4.69) is 63.3 Å². The molecule has 4 saturated carbocycles. The van der Waals surface area contributed by atoms with E-state index >= 15 is 0 Å². The van der Waals surface area contributed by atoms with Crippen LogP contribution >= 0.6 is 8.35 Å². The zero-order valence-electron chi connectivity index (χ0n) is 18.4. The third kappa shape index (κ3) is 4.13. The second-order valence-corrected chi connectivity index (χ2v) is 30.1. The van der Waals surface area contributed by atoms with Crippen molar-refractivity contribution < 1.29 is 0 Å². The Morgan fingerprint density at radius 2 is 1.08 bits per heavy atom. The molecule has 5 heteroatoms. The molecule has 0 heterocycles. The Hall–Kier alpha value is 0.781. The van der Waals surface area contributed by atoms with Crippen LogP contribution in [0.25, 0.3) is 0 Å². The molecule has 0 spiro atoms. The van der Waals surface area contributed by atoms with E-state index in [1.54, 1.807) is 27.6 Å². The second kappa shape index (κ2) is 6.40. The Bertz CT molecular complexity index is 499. The van der Waals surface area contributed by atoms with Crippen LogP contribution in [-0.2, 0) is 0 Å². The highest BCUT2D eigenvalue weighted by molar-refractivity contribution is 7.62. The smallest absolute Gasteiger partial charge is 0.129 e. The zero-order valence-corrected chi connectivity index (χ0v) is 22.3. The molecule has 0 N–H and O–H groups in total. The third-order valence-corrected chi connectivity index (χ3v) is 23.3. The molecule has 0 aromatic carbocycles. The fraction of sp³-hybridized carbons (Fsp3) is 0.950. The fourth-order valence-corrected chi connectivity index (χ4v) is 23.3. The number of hydrogen-bond acceptors (Lipinski definition) is 1. The lowest BCUT2D eigenvalue weighted by Crippen LogP contribution is -2.63. The minimum atomic E-state index is -1.35. The van der Waals surface area contributed by atoms with Gasteiger partial charge in [-0.15, -0.1) is 0 Å². The van der Waals surface area contributed by atoms with Crippen molar-refractivity contribution >= 4 is 37.3 Å². The van der Waals surface area contributed by atoms with Crippen molar-refractivity contribution in [1.82, 2.24) is 4.34 Å². The number of nitrogens with zero attached hydrogens (tertiary/aromatic N) is 1. The molecule has 0 radical (unpaired) electrons. The van der Waals surface area contributed by atoms with Crippen molar-refractivity contribution in [2.45, 2.75) is 103 Å². The summed E-state index contributed by atoms with van der Waals surface area (Å²) in [5.74, 6) is 3.17. The summed E-state index contributed by atoms with van der Waals surface area (Å²) in [6.07, 6.45) is 9.28. The van der Waals surface area contributed by atoms with Crippen LogP contribution in [0.2, 0.25) is 58.9 Å². The maximum Gasteiger partial charge on any atom is 0.129 e. The molecule has 0 amide bonds. The van der Waals surface area contributed by atoms with E-state index in [1.165, 1.54) is 19.3 Å². The van der Waals surface area contributed by atoms with Crippen LogP contribution < -0.4 is 0 Å². The molecule has 1 nitrogen and oxygen atoms in total. The summed E-state index contributed by atoms with van der Waals surface area (Å²) >= 11 is 0. The van der Waals surface area contributed by atoms with Gasteiger partial charge < -0.3 is 0 Å². The summed E-state index contributed by atoms with van der Waals surface area (Å²) in [4.78, 5) is 0. The van der Waals surface area contributed by atoms with E-state index < -0.39 is 24.4 Å². The van der Waals surface area contributed by atoms with Gasteiger partial charge in [0.15, 0.2) is 0 Å². The first kappa shape index (κ1) is 20.5. The summed E-state index contributed by atoms with van der Waals surface area (Å²) in [7, 11) is -2.12. The lowest BCUT2D eigenvalue weighted by Gasteiger charge is -2.62. The molecule has 0 saturated heterocycles. The maximum atomic E-state index is 3.16. The van der Waals surface area contributed by atoms with Crippen molar-refractivity contribution in [2.24, 2.45) is 17.8 Å². The molecule has 144 valence electrons. The number of hydrogen-bond donors (Lipinski definition) is 0. The Labute approximate surface area is 162 Å². The molecule has 4 bridgehead atoms. The molecule has 4 fully saturated rings. The van der Waals surface area contributed by atoms with Crippen LogP contribution in [-0.4, -0.2) is 38.8 Å². The van der Waals surface area contributed by atoms with Crippen LogP contribution in [0.5, 0.6) is 0 Å². The number of rotatable bonds is 5. The lowest BCUT2D eigenvalue weighted by molar-refractivity contribution is -0.0352. The van der Waals surface area contributed by atoms with Gasteiger partial charge in [-0.3, -0.25) is 4.34 Å². The van der Waals surface area contributed by atoms with Gasteiger partial charge in [0.25, 0.3) is 0 Å². The fourth-order valence-electron chi connectivity index (χ4n) is 6.82. The predicted octanol–water partition coefficient (Wildman–Crippen LogP) is 6.88. The van der Waals surface area contributed by atoms with Gasteiger partial charge in [-0.25, -0.2) is 0 Å². The van der Waals surface area contributed by atoms with Crippen molar-refractivity contribution in [3.8, 4) is 0 Å². The van der Waals surface area contributed by atoms with Crippen LogP contribution in [0.4, 0.5) is 0 Å². The molecule has 0 unspecified atom stereocenters. The lowest BCUT2D eigenvalue weighted by atomic mass is 9.53. The Morgan fingerprint density at radius 3 is 1.36 bits per heavy atom. The summed E-state index contributed by atoms with van der Waals surface area (Å²) in [6.45, 7) is 23.5. The first-order valence-corrected chi connectivity index (χ1v) is 21.9. The van der Waals surface area contributed by atoms with Gasteiger partial charge in [0.2, 0.25) is 0 Å². The molecule has 4 aliphatic carbocycles. The summed E-state index contributed by atoms with van der Waals surface area (Å²) in [5.41, 5.74) is 0.575. The van der Waals surface area contributed by atoms with E-state index in [-0.39, 0.29) is 0 Å². The van der Waals surface area contributed by atoms with Crippen molar-refractivity contribution in [2.75, 3.05) is 0 Å². The van der Waals surface area contributed by atoms with Gasteiger partial charge in [0.05, 0.1) is 16.1 Å². The highest BCUT2D eigenvalue weighted by atomic mass is 31.1. The molecule has 0 aromatic rings. The minimum absolute atomic E-state index is 0.575. The van der Waals surface area contributed by atoms with E-state index in [9.17, 15) is 0 Å². The SMILES string of the molecule is C[Si](C)(C)C(=PN(C12CC3CC(CC(C3)C1)C2)[Si](C)(C)C)[Si](C)(C)C. The summed E-state index contributed by atoms with van der Waals surface area (Å²) in [6, 6.07) is 0. The molecular weight excluding hydrogens is 369 g/mol. The minimum Gasteiger partial charge on any atom is -0.274 e. The summed E-state index contributed by atoms with van der Waals surface area (Å²) in [5, 5.41) is 0. The Morgan fingerprint density at radius 1 is 0.720 bits per heavy atom. The molecular formula is C20H42NPSi3.